The van der Waals surface area contributed by atoms with Crippen LogP contribution < -0.4 is 11.2 Å². The van der Waals surface area contributed by atoms with Crippen LogP contribution in [-0.4, -0.2) is 23.8 Å². The normalized spacial score (nSPS) is 31.7. The first kappa shape index (κ1) is 12.3. The molecule has 2 rings (SSSR count). The number of hydrazine groups is 1. The lowest BCUT2D eigenvalue weighted by atomic mass is 10.0. The Balaban J connectivity index is 1.83. The third kappa shape index (κ3) is 3.72. The third-order valence-corrected chi connectivity index (χ3v) is 4.01. The van der Waals surface area contributed by atoms with Crippen LogP contribution in [0.4, 0.5) is 0 Å². The highest BCUT2D eigenvalue weighted by molar-refractivity contribution is 4.76. The lowest BCUT2D eigenvalue weighted by molar-refractivity contribution is 0.0551. The van der Waals surface area contributed by atoms with Crippen molar-refractivity contribution in [1.29, 1.82) is 0 Å². The minimum absolute atomic E-state index is 0.196. The Morgan fingerprint density at radius 2 is 1.44 bits per heavy atom. The minimum atomic E-state index is 0.196. The van der Waals surface area contributed by atoms with Gasteiger partial charge in [-0.3, -0.25) is 0 Å². The molecule has 1 heterocycles. The van der Waals surface area contributed by atoms with Crippen LogP contribution in [-0.2, 0) is 0 Å². The summed E-state index contributed by atoms with van der Waals surface area (Å²) in [6.45, 7) is 1.19. The predicted octanol–water partition coefficient (Wildman–Crippen LogP) is 2.37. The van der Waals surface area contributed by atoms with E-state index in [0.29, 0.717) is 0 Å². The average Bonchev–Trinajstić information content (AvgIpc) is 2.42. The second-order valence-corrected chi connectivity index (χ2v) is 5.42. The molecule has 0 aromatic heterocycles. The van der Waals surface area contributed by atoms with Gasteiger partial charge in [-0.1, -0.05) is 38.5 Å². The summed E-state index contributed by atoms with van der Waals surface area (Å²) in [7, 11) is 0. The van der Waals surface area contributed by atoms with E-state index in [9.17, 15) is 0 Å². The molecule has 94 valence electrons. The molecule has 3 heteroatoms. The lowest BCUT2D eigenvalue weighted by Crippen LogP contribution is -2.57. The topological polar surface area (TPSA) is 41.3 Å². The molecule has 1 saturated heterocycles. The van der Waals surface area contributed by atoms with Gasteiger partial charge in [-0.25, -0.2) is 10.4 Å². The zero-order valence-electron chi connectivity index (χ0n) is 10.5. The Labute approximate surface area is 99.7 Å². The van der Waals surface area contributed by atoms with Crippen LogP contribution in [0.15, 0.2) is 0 Å². The van der Waals surface area contributed by atoms with E-state index in [1.807, 2.05) is 0 Å². The van der Waals surface area contributed by atoms with E-state index in [4.69, 9.17) is 5.73 Å². The highest BCUT2D eigenvalue weighted by atomic mass is 15.5. The maximum atomic E-state index is 5.98. The number of rotatable bonds is 1. The van der Waals surface area contributed by atoms with Crippen molar-refractivity contribution >= 4 is 0 Å². The van der Waals surface area contributed by atoms with Crippen LogP contribution in [0.25, 0.3) is 0 Å². The molecule has 0 bridgehead atoms. The van der Waals surface area contributed by atoms with Gasteiger partial charge in [0.2, 0.25) is 0 Å². The van der Waals surface area contributed by atoms with E-state index in [2.05, 4.69) is 10.4 Å². The standard InChI is InChI=1S/C13H27N3/c14-13-10-7-11-16(15-13)12-8-5-3-1-2-4-6-9-12/h12-13,15H,1-11,14H2. The van der Waals surface area contributed by atoms with Crippen LogP contribution >= 0.6 is 0 Å². The number of hydrogen-bond donors (Lipinski definition) is 2. The van der Waals surface area contributed by atoms with Gasteiger partial charge in [0.25, 0.3) is 0 Å². The summed E-state index contributed by atoms with van der Waals surface area (Å²) in [5.41, 5.74) is 9.45. The Morgan fingerprint density at radius 1 is 0.812 bits per heavy atom. The van der Waals surface area contributed by atoms with Crippen molar-refractivity contribution in [2.24, 2.45) is 5.73 Å². The molecule has 1 atom stereocenters. The maximum absolute atomic E-state index is 5.98. The minimum Gasteiger partial charge on any atom is -0.315 e. The number of hydrogen-bond acceptors (Lipinski definition) is 3. The summed E-state index contributed by atoms with van der Waals surface area (Å²) in [5.74, 6) is 0. The molecule has 0 amide bonds. The molecule has 0 spiro atoms. The average molecular weight is 225 g/mol. The van der Waals surface area contributed by atoms with Gasteiger partial charge in [0.15, 0.2) is 0 Å². The molecular weight excluding hydrogens is 198 g/mol. The number of nitrogens with one attached hydrogen (secondary N) is 1. The molecule has 0 aromatic carbocycles. The zero-order valence-corrected chi connectivity index (χ0v) is 10.5. The number of nitrogens with two attached hydrogens (primary N) is 1. The Kier molecular flexibility index (Phi) is 5.07. The summed E-state index contributed by atoms with van der Waals surface area (Å²) in [5, 5.41) is 2.44. The van der Waals surface area contributed by atoms with E-state index in [0.717, 1.165) is 12.5 Å². The van der Waals surface area contributed by atoms with Crippen LogP contribution in [0.3, 0.4) is 0 Å². The zero-order chi connectivity index (χ0) is 11.2. The van der Waals surface area contributed by atoms with Gasteiger partial charge in [-0.05, 0) is 25.7 Å². The largest absolute Gasteiger partial charge is 0.315 e. The predicted molar refractivity (Wildman–Crippen MR) is 67.8 cm³/mol. The molecule has 3 nitrogen and oxygen atoms in total. The van der Waals surface area contributed by atoms with Gasteiger partial charge < -0.3 is 5.73 Å². The molecule has 1 aliphatic heterocycles. The molecule has 2 aliphatic rings. The quantitative estimate of drug-likeness (QED) is 0.720. The van der Waals surface area contributed by atoms with E-state index < -0.39 is 0 Å². The van der Waals surface area contributed by atoms with Gasteiger partial charge in [0, 0.05) is 12.6 Å². The van der Waals surface area contributed by atoms with Crippen LogP contribution in [0.1, 0.15) is 64.2 Å². The summed E-state index contributed by atoms with van der Waals surface area (Å²) in [4.78, 5) is 0. The van der Waals surface area contributed by atoms with Gasteiger partial charge in [0.05, 0.1) is 6.17 Å². The fourth-order valence-electron chi connectivity index (χ4n) is 3.03. The van der Waals surface area contributed by atoms with E-state index in [1.54, 1.807) is 0 Å². The molecule has 2 fully saturated rings. The van der Waals surface area contributed by atoms with Crippen molar-refractivity contribution < 1.29 is 0 Å². The van der Waals surface area contributed by atoms with Gasteiger partial charge >= 0.3 is 0 Å². The lowest BCUT2D eigenvalue weighted by Gasteiger charge is -2.38. The van der Waals surface area contributed by atoms with Gasteiger partial charge in [0.1, 0.15) is 0 Å². The van der Waals surface area contributed by atoms with Crippen LogP contribution in [0.5, 0.6) is 0 Å². The second-order valence-electron chi connectivity index (χ2n) is 5.42. The van der Waals surface area contributed by atoms with E-state index >= 15 is 0 Å². The van der Waals surface area contributed by atoms with Crippen molar-refractivity contribution in [1.82, 2.24) is 10.4 Å². The molecule has 1 aliphatic carbocycles. The monoisotopic (exact) mass is 225 g/mol. The third-order valence-electron chi connectivity index (χ3n) is 4.01. The van der Waals surface area contributed by atoms with Crippen molar-refractivity contribution in [3.8, 4) is 0 Å². The van der Waals surface area contributed by atoms with Crippen molar-refractivity contribution in [2.45, 2.75) is 76.4 Å². The summed E-state index contributed by atoms with van der Waals surface area (Å²) in [6, 6.07) is 0.740. The Bertz CT molecular complexity index is 186. The summed E-state index contributed by atoms with van der Waals surface area (Å²) in [6.07, 6.45) is 13.8. The molecular formula is C13H27N3. The first-order chi connectivity index (χ1) is 7.86. The van der Waals surface area contributed by atoms with Crippen molar-refractivity contribution in [2.75, 3.05) is 6.54 Å². The molecule has 1 unspecified atom stereocenters. The smallest absolute Gasteiger partial charge is 0.0682 e. The maximum Gasteiger partial charge on any atom is 0.0682 e. The highest BCUT2D eigenvalue weighted by Crippen LogP contribution is 2.21. The van der Waals surface area contributed by atoms with Crippen molar-refractivity contribution in [3.05, 3.63) is 0 Å². The van der Waals surface area contributed by atoms with Gasteiger partial charge in [-0.15, -0.1) is 0 Å². The highest BCUT2D eigenvalue weighted by Gasteiger charge is 2.23. The fraction of sp³-hybridized carbons (Fsp3) is 1.00. The molecule has 3 N–H and O–H groups in total. The van der Waals surface area contributed by atoms with E-state index in [-0.39, 0.29) is 6.17 Å². The Hall–Kier alpha value is -0.120. The van der Waals surface area contributed by atoms with Gasteiger partial charge in [-0.2, -0.15) is 0 Å². The molecule has 1 saturated carbocycles. The SMILES string of the molecule is NC1CCCN(C2CCCCCCCC2)N1. The van der Waals surface area contributed by atoms with E-state index in [1.165, 1.54) is 64.3 Å². The molecule has 0 radical (unpaired) electrons. The van der Waals surface area contributed by atoms with Crippen LogP contribution in [0.2, 0.25) is 0 Å². The Morgan fingerprint density at radius 3 is 2.06 bits per heavy atom. The summed E-state index contributed by atoms with van der Waals surface area (Å²) >= 11 is 0. The first-order valence-corrected chi connectivity index (χ1v) is 7.14. The fourth-order valence-corrected chi connectivity index (χ4v) is 3.03. The summed E-state index contributed by atoms with van der Waals surface area (Å²) < 4.78 is 0. The second kappa shape index (κ2) is 6.58. The van der Waals surface area contributed by atoms with Crippen LogP contribution in [0, 0.1) is 0 Å². The molecule has 16 heavy (non-hydrogen) atoms. The first-order valence-electron chi connectivity index (χ1n) is 7.14. The van der Waals surface area contributed by atoms with Crippen molar-refractivity contribution in [3.63, 3.8) is 0 Å². The number of nitrogens with zero attached hydrogens (tertiary/aromatic N) is 1. The molecule has 0 aromatic rings.